The Labute approximate surface area is 132 Å². The number of hydrogen-bond donors (Lipinski definition) is 1. The molecule has 6 heteroatoms. The van der Waals surface area contributed by atoms with E-state index in [0.29, 0.717) is 0 Å². The quantitative estimate of drug-likeness (QED) is 0.808. The lowest BCUT2D eigenvalue weighted by Gasteiger charge is -2.31. The van der Waals surface area contributed by atoms with Crippen molar-refractivity contribution in [3.05, 3.63) is 52.0 Å². The number of nitrogens with one attached hydrogen (secondary N) is 1. The van der Waals surface area contributed by atoms with E-state index in [9.17, 15) is 4.79 Å². The fraction of sp³-hybridized carbons (Fsp3) is 0.375. The van der Waals surface area contributed by atoms with Gasteiger partial charge in [0, 0.05) is 30.4 Å². The molecule has 0 bridgehead atoms. The van der Waals surface area contributed by atoms with Gasteiger partial charge in [-0.3, -0.25) is 9.47 Å². The maximum Gasteiger partial charge on any atom is 0.343 e. The Morgan fingerprint density at radius 3 is 2.86 bits per heavy atom. The highest BCUT2D eigenvalue weighted by molar-refractivity contribution is 7.17. The number of aromatic amines is 1. The molecule has 1 N–H and O–H groups in total. The summed E-state index contributed by atoms with van der Waals surface area (Å²) in [6, 6.07) is 8.87. The van der Waals surface area contributed by atoms with Crippen molar-refractivity contribution in [3.63, 3.8) is 0 Å². The second-order valence-corrected chi connectivity index (χ2v) is 6.74. The number of thiophene rings is 1. The van der Waals surface area contributed by atoms with E-state index in [-0.39, 0.29) is 11.7 Å². The third-order valence-corrected chi connectivity index (χ3v) is 5.49. The van der Waals surface area contributed by atoms with Gasteiger partial charge in [-0.25, -0.2) is 9.89 Å². The Hall–Kier alpha value is -1.92. The van der Waals surface area contributed by atoms with Gasteiger partial charge in [0.05, 0.1) is 0 Å². The predicted molar refractivity (Wildman–Crippen MR) is 88.2 cm³/mol. The molecule has 0 spiro atoms. The van der Waals surface area contributed by atoms with Crippen LogP contribution in [-0.2, 0) is 6.54 Å². The summed E-state index contributed by atoms with van der Waals surface area (Å²) in [5.41, 5.74) is 1.32. The van der Waals surface area contributed by atoms with E-state index in [1.54, 1.807) is 10.9 Å². The zero-order chi connectivity index (χ0) is 14.9. The second-order valence-electron chi connectivity index (χ2n) is 5.83. The van der Waals surface area contributed by atoms with E-state index in [1.165, 1.54) is 15.6 Å². The van der Waals surface area contributed by atoms with Crippen LogP contribution in [0.1, 0.15) is 24.4 Å². The van der Waals surface area contributed by atoms with Crippen molar-refractivity contribution in [1.29, 1.82) is 0 Å². The average molecular weight is 314 g/mol. The van der Waals surface area contributed by atoms with Gasteiger partial charge in [-0.1, -0.05) is 18.2 Å². The number of rotatable bonds is 3. The average Bonchev–Trinajstić information content (AvgIpc) is 3.15. The minimum Gasteiger partial charge on any atom is -0.299 e. The van der Waals surface area contributed by atoms with Gasteiger partial charge in [-0.05, 0) is 35.2 Å². The largest absolute Gasteiger partial charge is 0.343 e. The van der Waals surface area contributed by atoms with Gasteiger partial charge in [-0.2, -0.15) is 5.10 Å². The lowest BCUT2D eigenvalue weighted by Crippen LogP contribution is -2.36. The van der Waals surface area contributed by atoms with Gasteiger partial charge in [0.25, 0.3) is 0 Å². The van der Waals surface area contributed by atoms with Crippen molar-refractivity contribution < 1.29 is 0 Å². The molecule has 0 amide bonds. The predicted octanol–water partition coefficient (Wildman–Crippen LogP) is 2.62. The highest BCUT2D eigenvalue weighted by Gasteiger charge is 2.22. The molecule has 0 unspecified atom stereocenters. The van der Waals surface area contributed by atoms with Crippen molar-refractivity contribution in [2.75, 3.05) is 13.1 Å². The van der Waals surface area contributed by atoms with Crippen LogP contribution in [0.3, 0.4) is 0 Å². The molecule has 1 aliphatic heterocycles. The van der Waals surface area contributed by atoms with E-state index in [1.807, 2.05) is 11.3 Å². The Balaban J connectivity index is 1.44. The summed E-state index contributed by atoms with van der Waals surface area (Å²) in [6.07, 6.45) is 3.62. The van der Waals surface area contributed by atoms with Crippen LogP contribution >= 0.6 is 11.3 Å². The molecule has 0 atom stereocenters. The van der Waals surface area contributed by atoms with E-state index >= 15 is 0 Å². The molecule has 4 rings (SSSR count). The van der Waals surface area contributed by atoms with Gasteiger partial charge < -0.3 is 0 Å². The molecular weight excluding hydrogens is 296 g/mol. The summed E-state index contributed by atoms with van der Waals surface area (Å²) >= 11 is 1.82. The van der Waals surface area contributed by atoms with Crippen molar-refractivity contribution in [1.82, 2.24) is 19.7 Å². The molecule has 22 heavy (non-hydrogen) atoms. The van der Waals surface area contributed by atoms with Crippen LogP contribution in [0, 0.1) is 0 Å². The Morgan fingerprint density at radius 2 is 2.09 bits per heavy atom. The van der Waals surface area contributed by atoms with Gasteiger partial charge in [0.2, 0.25) is 0 Å². The van der Waals surface area contributed by atoms with Crippen LogP contribution in [0.2, 0.25) is 0 Å². The first kappa shape index (κ1) is 13.7. The standard InChI is InChI=1S/C16H18N4OS/c21-16-18-17-11-20(16)13-5-7-19(8-6-13)9-12-10-22-15-4-2-1-3-14(12)15/h1-4,10-11,13H,5-9H2,(H,18,21). The first-order valence-corrected chi connectivity index (χ1v) is 8.48. The van der Waals surface area contributed by atoms with Gasteiger partial charge in [0.15, 0.2) is 0 Å². The number of H-pyrrole nitrogens is 1. The molecule has 1 aliphatic rings. The molecule has 0 aliphatic carbocycles. The fourth-order valence-corrected chi connectivity index (χ4v) is 4.22. The minimum absolute atomic E-state index is 0.0951. The van der Waals surface area contributed by atoms with Crippen LogP contribution in [0.15, 0.2) is 40.8 Å². The summed E-state index contributed by atoms with van der Waals surface area (Å²) in [5, 5.41) is 9.95. The van der Waals surface area contributed by atoms with Gasteiger partial charge in [0.1, 0.15) is 6.33 Å². The summed E-state index contributed by atoms with van der Waals surface area (Å²) in [5.74, 6) is 0. The fourth-order valence-electron chi connectivity index (χ4n) is 3.27. The van der Waals surface area contributed by atoms with Crippen LogP contribution < -0.4 is 5.69 Å². The smallest absolute Gasteiger partial charge is 0.299 e. The minimum atomic E-state index is -0.0951. The van der Waals surface area contributed by atoms with Crippen molar-refractivity contribution >= 4 is 21.4 Å². The van der Waals surface area contributed by atoms with Crippen LogP contribution in [0.25, 0.3) is 10.1 Å². The van der Waals surface area contributed by atoms with Crippen molar-refractivity contribution in [2.24, 2.45) is 0 Å². The molecule has 3 heterocycles. The molecule has 2 aromatic heterocycles. The Bertz CT molecular complexity index is 826. The summed E-state index contributed by atoms with van der Waals surface area (Å²) in [6.45, 7) is 3.04. The van der Waals surface area contributed by atoms with Crippen molar-refractivity contribution in [3.8, 4) is 0 Å². The topological polar surface area (TPSA) is 53.9 Å². The molecule has 1 fully saturated rings. The third kappa shape index (κ3) is 2.48. The van der Waals surface area contributed by atoms with Crippen LogP contribution in [0.5, 0.6) is 0 Å². The third-order valence-electron chi connectivity index (χ3n) is 4.48. The summed E-state index contributed by atoms with van der Waals surface area (Å²) in [4.78, 5) is 14.1. The van der Waals surface area contributed by atoms with Gasteiger partial charge in [-0.15, -0.1) is 11.3 Å². The number of piperidine rings is 1. The Kier molecular flexibility index (Phi) is 3.56. The zero-order valence-electron chi connectivity index (χ0n) is 12.2. The monoisotopic (exact) mass is 314 g/mol. The zero-order valence-corrected chi connectivity index (χ0v) is 13.1. The molecule has 114 valence electrons. The molecule has 1 aromatic carbocycles. The van der Waals surface area contributed by atoms with E-state index in [4.69, 9.17) is 0 Å². The first-order valence-electron chi connectivity index (χ1n) is 7.60. The van der Waals surface area contributed by atoms with E-state index < -0.39 is 0 Å². The summed E-state index contributed by atoms with van der Waals surface area (Å²) < 4.78 is 3.09. The number of hydrogen-bond acceptors (Lipinski definition) is 4. The first-order chi connectivity index (χ1) is 10.8. The molecule has 0 radical (unpaired) electrons. The SMILES string of the molecule is O=c1[nH]ncn1C1CCN(Cc2csc3ccccc23)CC1. The molecular formula is C16H18N4OS. The highest BCUT2D eigenvalue weighted by atomic mass is 32.1. The second kappa shape index (κ2) is 5.70. The maximum absolute atomic E-state index is 11.6. The van der Waals surface area contributed by atoms with Gasteiger partial charge >= 0.3 is 5.69 Å². The molecule has 3 aromatic rings. The molecule has 5 nitrogen and oxygen atoms in total. The number of fused-ring (bicyclic) bond motifs is 1. The lowest BCUT2D eigenvalue weighted by atomic mass is 10.0. The molecule has 1 saturated heterocycles. The lowest BCUT2D eigenvalue weighted by molar-refractivity contribution is 0.178. The number of nitrogens with zero attached hydrogens (tertiary/aromatic N) is 3. The molecule has 0 saturated carbocycles. The number of likely N-dealkylation sites (tertiary alicyclic amines) is 1. The van der Waals surface area contributed by atoms with Crippen LogP contribution in [0.4, 0.5) is 0 Å². The van der Waals surface area contributed by atoms with Crippen LogP contribution in [-0.4, -0.2) is 32.8 Å². The summed E-state index contributed by atoms with van der Waals surface area (Å²) in [7, 11) is 0. The highest BCUT2D eigenvalue weighted by Crippen LogP contribution is 2.28. The van der Waals surface area contributed by atoms with E-state index in [2.05, 4.69) is 44.7 Å². The van der Waals surface area contributed by atoms with Crippen molar-refractivity contribution in [2.45, 2.75) is 25.4 Å². The number of benzene rings is 1. The Morgan fingerprint density at radius 1 is 1.27 bits per heavy atom. The number of aromatic nitrogens is 3. The maximum atomic E-state index is 11.6. The normalized spacial score (nSPS) is 17.3. The van der Waals surface area contributed by atoms with E-state index in [0.717, 1.165) is 32.5 Å².